The Morgan fingerprint density at radius 1 is 1.12 bits per heavy atom. The zero-order chi connectivity index (χ0) is 19.2. The fraction of sp³-hybridized carbons (Fsp3) is 0.650. The van der Waals surface area contributed by atoms with E-state index in [1.165, 1.54) is 0 Å². The average molecular weight is 364 g/mol. The van der Waals surface area contributed by atoms with Gasteiger partial charge in [0.25, 0.3) is 0 Å². The molecule has 0 aliphatic carbocycles. The first-order valence-corrected chi connectivity index (χ1v) is 9.33. The molecular weight excluding hydrogens is 330 g/mol. The number of benzene rings is 1. The number of nitrogens with one attached hydrogen (secondary N) is 1. The summed E-state index contributed by atoms with van der Waals surface area (Å²) in [4.78, 5) is 16.8. The van der Waals surface area contributed by atoms with Crippen molar-refractivity contribution in [2.45, 2.75) is 39.3 Å². The summed E-state index contributed by atoms with van der Waals surface area (Å²) < 4.78 is 10.8. The highest BCUT2D eigenvalue weighted by Crippen LogP contribution is 2.25. The first kappa shape index (κ1) is 20.5. The number of methoxy groups -OCH3 is 2. The van der Waals surface area contributed by atoms with Gasteiger partial charge in [-0.15, -0.1) is 0 Å². The van der Waals surface area contributed by atoms with Crippen LogP contribution in [0.1, 0.15) is 32.8 Å². The second kappa shape index (κ2) is 9.24. The molecule has 0 aromatic heterocycles. The van der Waals surface area contributed by atoms with Crippen molar-refractivity contribution in [3.63, 3.8) is 0 Å². The monoisotopic (exact) mass is 363 g/mol. The lowest BCUT2D eigenvalue weighted by Crippen LogP contribution is -2.52. The van der Waals surface area contributed by atoms with Gasteiger partial charge in [-0.05, 0) is 38.5 Å². The lowest BCUT2D eigenvalue weighted by Gasteiger charge is -2.35. The zero-order valence-corrected chi connectivity index (χ0v) is 16.8. The molecule has 0 saturated carbocycles. The number of piperazine rings is 1. The summed E-state index contributed by atoms with van der Waals surface area (Å²) in [5, 5.41) is 3.11. The Bertz CT molecular complexity index is 596. The standard InChI is InChI=1S/C20H33N3O3/c1-6-20(2,3)21-19(24)15-23-11-9-22(10-12-23)14-16-13-17(25-4)7-8-18(16)26-5/h7-8,13H,6,9-12,14-15H2,1-5H3,(H,21,24). The maximum atomic E-state index is 12.2. The topological polar surface area (TPSA) is 54.0 Å². The molecule has 6 nitrogen and oxygen atoms in total. The van der Waals surface area contributed by atoms with Crippen LogP contribution in [-0.2, 0) is 11.3 Å². The summed E-state index contributed by atoms with van der Waals surface area (Å²) in [6.45, 7) is 11.2. The number of rotatable bonds is 8. The SMILES string of the molecule is CCC(C)(C)NC(=O)CN1CCN(Cc2cc(OC)ccc2OC)CC1. The second-order valence-electron chi connectivity index (χ2n) is 7.52. The molecule has 26 heavy (non-hydrogen) atoms. The van der Waals surface area contributed by atoms with Gasteiger partial charge in [0, 0.05) is 43.8 Å². The van der Waals surface area contributed by atoms with E-state index in [-0.39, 0.29) is 11.4 Å². The van der Waals surface area contributed by atoms with Crippen LogP contribution in [0.25, 0.3) is 0 Å². The molecule has 1 fully saturated rings. The lowest BCUT2D eigenvalue weighted by molar-refractivity contribution is -0.124. The van der Waals surface area contributed by atoms with E-state index in [2.05, 4.69) is 35.9 Å². The van der Waals surface area contributed by atoms with Crippen LogP contribution in [0.15, 0.2) is 18.2 Å². The first-order valence-electron chi connectivity index (χ1n) is 9.33. The highest BCUT2D eigenvalue weighted by atomic mass is 16.5. The van der Waals surface area contributed by atoms with E-state index in [0.717, 1.165) is 56.2 Å². The number of carbonyl (C=O) groups is 1. The minimum atomic E-state index is -0.137. The number of carbonyl (C=O) groups excluding carboxylic acids is 1. The van der Waals surface area contributed by atoms with Gasteiger partial charge in [0.15, 0.2) is 0 Å². The number of hydrogen-bond acceptors (Lipinski definition) is 5. The van der Waals surface area contributed by atoms with E-state index >= 15 is 0 Å². The summed E-state index contributed by atoms with van der Waals surface area (Å²) in [5.41, 5.74) is 0.990. The molecule has 0 spiro atoms. The minimum Gasteiger partial charge on any atom is -0.497 e. The highest BCUT2D eigenvalue weighted by molar-refractivity contribution is 5.78. The summed E-state index contributed by atoms with van der Waals surface area (Å²) >= 11 is 0. The third-order valence-electron chi connectivity index (χ3n) is 5.08. The summed E-state index contributed by atoms with van der Waals surface area (Å²) in [7, 11) is 3.37. The molecule has 1 aliphatic heterocycles. The van der Waals surface area contributed by atoms with Crippen LogP contribution >= 0.6 is 0 Å². The Kier molecular flexibility index (Phi) is 7.29. The Morgan fingerprint density at radius 2 is 1.77 bits per heavy atom. The molecule has 1 aliphatic rings. The van der Waals surface area contributed by atoms with Crippen molar-refractivity contribution in [1.29, 1.82) is 0 Å². The number of ether oxygens (including phenoxy) is 2. The van der Waals surface area contributed by atoms with Gasteiger partial charge in [0.1, 0.15) is 11.5 Å². The molecular formula is C20H33N3O3. The molecule has 1 saturated heterocycles. The van der Waals surface area contributed by atoms with Crippen LogP contribution in [0.2, 0.25) is 0 Å². The van der Waals surface area contributed by atoms with Gasteiger partial charge in [0.05, 0.1) is 20.8 Å². The third-order valence-corrected chi connectivity index (χ3v) is 5.08. The molecule has 1 aromatic rings. The van der Waals surface area contributed by atoms with Crippen LogP contribution < -0.4 is 14.8 Å². The molecule has 1 amide bonds. The first-order chi connectivity index (χ1) is 12.4. The Labute approximate surface area is 157 Å². The molecule has 0 atom stereocenters. The largest absolute Gasteiger partial charge is 0.497 e. The average Bonchev–Trinajstić information content (AvgIpc) is 2.62. The molecule has 2 rings (SSSR count). The van der Waals surface area contributed by atoms with E-state index in [1.807, 2.05) is 18.2 Å². The van der Waals surface area contributed by atoms with Crippen LogP contribution in [0.4, 0.5) is 0 Å². The van der Waals surface area contributed by atoms with Crippen molar-refractivity contribution in [2.75, 3.05) is 46.9 Å². The van der Waals surface area contributed by atoms with Crippen LogP contribution in [0, 0.1) is 0 Å². The number of hydrogen-bond donors (Lipinski definition) is 1. The molecule has 0 unspecified atom stereocenters. The maximum absolute atomic E-state index is 12.2. The van der Waals surface area contributed by atoms with Gasteiger partial charge in [0.2, 0.25) is 5.91 Å². The van der Waals surface area contributed by atoms with Crippen LogP contribution in [0.5, 0.6) is 11.5 Å². The summed E-state index contributed by atoms with van der Waals surface area (Å²) in [6.07, 6.45) is 0.925. The van der Waals surface area contributed by atoms with Crippen molar-refractivity contribution < 1.29 is 14.3 Å². The lowest BCUT2D eigenvalue weighted by atomic mass is 10.0. The van der Waals surface area contributed by atoms with Gasteiger partial charge in [-0.1, -0.05) is 6.92 Å². The van der Waals surface area contributed by atoms with Crippen LogP contribution in [-0.4, -0.2) is 68.2 Å². The Hall–Kier alpha value is -1.79. The molecule has 1 aromatic carbocycles. The summed E-state index contributed by atoms with van der Waals surface area (Å²) in [5.74, 6) is 1.84. The predicted octanol–water partition coefficient (Wildman–Crippen LogP) is 2.13. The molecule has 146 valence electrons. The van der Waals surface area contributed by atoms with E-state index < -0.39 is 0 Å². The van der Waals surface area contributed by atoms with Crippen molar-refractivity contribution in [3.05, 3.63) is 23.8 Å². The fourth-order valence-electron chi connectivity index (χ4n) is 3.06. The molecule has 0 bridgehead atoms. The molecule has 1 heterocycles. The fourth-order valence-corrected chi connectivity index (χ4v) is 3.06. The maximum Gasteiger partial charge on any atom is 0.234 e. The third kappa shape index (κ3) is 5.88. The van der Waals surface area contributed by atoms with E-state index in [1.54, 1.807) is 14.2 Å². The number of nitrogens with zero attached hydrogens (tertiary/aromatic N) is 2. The van der Waals surface area contributed by atoms with E-state index in [0.29, 0.717) is 6.54 Å². The van der Waals surface area contributed by atoms with Crippen molar-refractivity contribution in [1.82, 2.24) is 15.1 Å². The smallest absolute Gasteiger partial charge is 0.234 e. The second-order valence-corrected chi connectivity index (χ2v) is 7.52. The molecule has 1 N–H and O–H groups in total. The van der Waals surface area contributed by atoms with E-state index in [4.69, 9.17) is 9.47 Å². The molecule has 0 radical (unpaired) electrons. The zero-order valence-electron chi connectivity index (χ0n) is 16.8. The van der Waals surface area contributed by atoms with Gasteiger partial charge >= 0.3 is 0 Å². The normalized spacial score (nSPS) is 16.3. The van der Waals surface area contributed by atoms with Gasteiger partial charge < -0.3 is 14.8 Å². The minimum absolute atomic E-state index is 0.111. The van der Waals surface area contributed by atoms with Crippen LogP contribution in [0.3, 0.4) is 0 Å². The van der Waals surface area contributed by atoms with Crippen molar-refractivity contribution >= 4 is 5.91 Å². The highest BCUT2D eigenvalue weighted by Gasteiger charge is 2.23. The van der Waals surface area contributed by atoms with Gasteiger partial charge in [-0.2, -0.15) is 0 Å². The van der Waals surface area contributed by atoms with Gasteiger partial charge in [-0.25, -0.2) is 0 Å². The predicted molar refractivity (Wildman–Crippen MR) is 104 cm³/mol. The van der Waals surface area contributed by atoms with Crippen molar-refractivity contribution in [3.8, 4) is 11.5 Å². The quantitative estimate of drug-likeness (QED) is 0.767. The number of amides is 1. The van der Waals surface area contributed by atoms with Crippen molar-refractivity contribution in [2.24, 2.45) is 0 Å². The molecule has 6 heteroatoms. The summed E-state index contributed by atoms with van der Waals surface area (Å²) in [6, 6.07) is 5.90. The Balaban J connectivity index is 1.84. The van der Waals surface area contributed by atoms with E-state index in [9.17, 15) is 4.79 Å². The Morgan fingerprint density at radius 3 is 2.35 bits per heavy atom. The van der Waals surface area contributed by atoms with Gasteiger partial charge in [-0.3, -0.25) is 14.6 Å².